The zero-order valence-electron chi connectivity index (χ0n) is 14.8. The Balaban J connectivity index is 1.87. The highest BCUT2D eigenvalue weighted by Crippen LogP contribution is 2.54. The number of hydrogen-bond donors (Lipinski definition) is 3. The van der Waals surface area contributed by atoms with E-state index in [2.05, 4.69) is 17.1 Å². The number of thioether (sulfide) groups is 2. The van der Waals surface area contributed by atoms with Gasteiger partial charge >= 0.3 is 0 Å². The van der Waals surface area contributed by atoms with Crippen molar-refractivity contribution in [2.24, 2.45) is 0 Å². The van der Waals surface area contributed by atoms with Crippen LogP contribution in [-0.2, 0) is 0 Å². The molecule has 5 N–H and O–H groups in total. The van der Waals surface area contributed by atoms with Gasteiger partial charge in [0.15, 0.2) is 0 Å². The number of nitrogen functional groups attached to an aromatic ring is 2. The minimum absolute atomic E-state index is 0.0235. The van der Waals surface area contributed by atoms with Crippen LogP contribution in [0.15, 0.2) is 52.3 Å². The van der Waals surface area contributed by atoms with Crippen LogP contribution in [0, 0.1) is 11.3 Å². The molecule has 2 heterocycles. The summed E-state index contributed by atoms with van der Waals surface area (Å²) < 4.78 is 5.87. The van der Waals surface area contributed by atoms with Gasteiger partial charge in [-0.3, -0.25) is 0 Å². The van der Waals surface area contributed by atoms with Crippen LogP contribution in [0.1, 0.15) is 21.9 Å². The van der Waals surface area contributed by atoms with Crippen molar-refractivity contribution in [2.75, 3.05) is 17.7 Å². The van der Waals surface area contributed by atoms with Gasteiger partial charge in [0.2, 0.25) is 5.88 Å². The van der Waals surface area contributed by atoms with E-state index in [1.807, 2.05) is 24.5 Å². The number of nitrogens with two attached hydrogens (primary N) is 2. The molecule has 1 aromatic heterocycles. The van der Waals surface area contributed by atoms with Gasteiger partial charge in [-0.2, -0.15) is 10.2 Å². The smallest absolute Gasteiger partial charge is 0.228 e. The monoisotopic (exact) mass is 408 g/mol. The van der Waals surface area contributed by atoms with E-state index in [1.165, 1.54) is 11.0 Å². The highest BCUT2D eigenvalue weighted by molar-refractivity contribution is 8.00. The molecule has 0 aliphatic carbocycles. The number of ether oxygens (including phenoxy) is 1. The summed E-state index contributed by atoms with van der Waals surface area (Å²) >= 11 is 3.25. The summed E-state index contributed by atoms with van der Waals surface area (Å²) in [6, 6.07) is 15.1. The van der Waals surface area contributed by atoms with Crippen LogP contribution in [-0.4, -0.2) is 16.3 Å². The predicted octanol–water partition coefficient (Wildman–Crippen LogP) is 4.53. The number of fused-ring (bicyclic) bond motifs is 2. The molecule has 8 heteroatoms. The molecule has 1 atom stereocenters. The van der Waals surface area contributed by atoms with Crippen molar-refractivity contribution in [1.29, 1.82) is 5.26 Å². The fourth-order valence-corrected chi connectivity index (χ4v) is 4.70. The third-order valence-electron chi connectivity index (χ3n) is 4.44. The first-order chi connectivity index (χ1) is 13.5. The fourth-order valence-electron chi connectivity index (χ4n) is 3.06. The number of rotatable bonds is 3. The number of benzene rings is 2. The lowest BCUT2D eigenvalue weighted by atomic mass is 9.98. The van der Waals surface area contributed by atoms with Crippen LogP contribution >= 0.6 is 23.5 Å². The van der Waals surface area contributed by atoms with Crippen LogP contribution < -0.4 is 16.2 Å². The molecule has 1 aliphatic heterocycles. The Labute approximate surface area is 170 Å². The van der Waals surface area contributed by atoms with Gasteiger partial charge in [-0.15, -0.1) is 23.5 Å². The summed E-state index contributed by atoms with van der Waals surface area (Å²) in [5, 5.41) is 19.0. The van der Waals surface area contributed by atoms with Crippen molar-refractivity contribution in [3.63, 3.8) is 0 Å². The number of phenolic OH excluding ortho intramolecular Hbond substituents is 1. The third-order valence-corrected chi connectivity index (χ3v) is 6.45. The summed E-state index contributed by atoms with van der Waals surface area (Å²) in [5.41, 5.74) is 14.1. The molecule has 3 aromatic rings. The lowest BCUT2D eigenvalue weighted by molar-refractivity contribution is 0.429. The molecule has 6 nitrogen and oxygen atoms in total. The number of nitrogens with zero attached hydrogens (tertiary/aromatic N) is 2. The van der Waals surface area contributed by atoms with Crippen molar-refractivity contribution >= 4 is 35.0 Å². The zero-order chi connectivity index (χ0) is 19.8. The van der Waals surface area contributed by atoms with E-state index in [4.69, 9.17) is 16.2 Å². The second-order valence-corrected chi connectivity index (χ2v) is 8.17. The van der Waals surface area contributed by atoms with Crippen LogP contribution in [0.25, 0.3) is 0 Å². The first kappa shape index (κ1) is 18.3. The Morgan fingerprint density at radius 1 is 1.14 bits per heavy atom. The fraction of sp³-hybridized carbons (Fsp3) is 0.100. The summed E-state index contributed by atoms with van der Waals surface area (Å²) in [6.45, 7) is 0. The van der Waals surface area contributed by atoms with Crippen LogP contribution in [0.2, 0.25) is 0 Å². The van der Waals surface area contributed by atoms with E-state index in [0.717, 1.165) is 10.5 Å². The summed E-state index contributed by atoms with van der Waals surface area (Å²) in [6.07, 6.45) is 2.03. The second kappa shape index (κ2) is 7.19. The maximum Gasteiger partial charge on any atom is 0.228 e. The number of aromatic hydroxyl groups is 1. The Bertz CT molecular complexity index is 1110. The Hall–Kier alpha value is -3.02. The van der Waals surface area contributed by atoms with E-state index in [9.17, 15) is 10.4 Å². The van der Waals surface area contributed by atoms with E-state index in [-0.39, 0.29) is 33.9 Å². The number of phenols is 1. The summed E-state index contributed by atoms with van der Waals surface area (Å²) in [5.74, 6) is 0.854. The molecule has 0 amide bonds. The largest absolute Gasteiger partial charge is 0.508 e. The summed E-state index contributed by atoms with van der Waals surface area (Å²) in [4.78, 5) is 6.45. The minimum Gasteiger partial charge on any atom is -0.508 e. The third kappa shape index (κ3) is 3.09. The lowest BCUT2D eigenvalue weighted by Gasteiger charge is -2.29. The molecule has 0 saturated carbocycles. The van der Waals surface area contributed by atoms with Crippen LogP contribution in [0.4, 0.5) is 11.5 Å². The van der Waals surface area contributed by atoms with Gasteiger partial charge in [-0.05, 0) is 36.6 Å². The molecule has 2 aromatic carbocycles. The number of nitriles is 1. The molecule has 1 unspecified atom stereocenters. The molecule has 140 valence electrons. The first-order valence-electron chi connectivity index (χ1n) is 8.32. The first-order valence-corrected chi connectivity index (χ1v) is 10.4. The predicted molar refractivity (Wildman–Crippen MR) is 112 cm³/mol. The van der Waals surface area contributed by atoms with E-state index < -0.39 is 0 Å². The van der Waals surface area contributed by atoms with Crippen molar-refractivity contribution in [3.8, 4) is 23.4 Å². The maximum atomic E-state index is 9.86. The molecular weight excluding hydrogens is 392 g/mol. The number of aromatic nitrogens is 1. The lowest BCUT2D eigenvalue weighted by Crippen LogP contribution is -2.14. The Morgan fingerprint density at radius 3 is 2.54 bits per heavy atom. The SMILES string of the molecule is CSc1ccc(SC2c3ccc(O)cc3Oc3nc(N)c(C#N)c(N)c32)cc1. The molecule has 1 aliphatic rings. The van der Waals surface area contributed by atoms with Crippen LogP contribution in [0.3, 0.4) is 0 Å². The number of pyridine rings is 1. The topological polar surface area (TPSA) is 118 Å². The average Bonchev–Trinajstić information content (AvgIpc) is 2.68. The van der Waals surface area contributed by atoms with Gasteiger partial charge in [-0.1, -0.05) is 6.07 Å². The summed E-state index contributed by atoms with van der Waals surface area (Å²) in [7, 11) is 0. The van der Waals surface area contributed by atoms with Gasteiger partial charge in [0.05, 0.1) is 16.5 Å². The zero-order valence-corrected chi connectivity index (χ0v) is 16.5. The highest BCUT2D eigenvalue weighted by Gasteiger charge is 2.33. The average molecular weight is 409 g/mol. The van der Waals surface area contributed by atoms with Gasteiger partial charge in [-0.25, -0.2) is 0 Å². The molecule has 0 radical (unpaired) electrons. The Morgan fingerprint density at radius 2 is 1.86 bits per heavy atom. The molecular formula is C20H16N4O2S2. The van der Waals surface area contributed by atoms with E-state index in [0.29, 0.717) is 11.3 Å². The molecule has 0 saturated heterocycles. The van der Waals surface area contributed by atoms with Gasteiger partial charge < -0.3 is 21.3 Å². The molecule has 28 heavy (non-hydrogen) atoms. The van der Waals surface area contributed by atoms with Gasteiger partial charge in [0.1, 0.15) is 28.9 Å². The maximum absolute atomic E-state index is 9.86. The molecule has 0 bridgehead atoms. The number of anilines is 2. The van der Waals surface area contributed by atoms with Crippen molar-refractivity contribution in [1.82, 2.24) is 4.98 Å². The minimum atomic E-state index is -0.264. The molecule has 4 rings (SSSR count). The molecule has 0 fully saturated rings. The van der Waals surface area contributed by atoms with Gasteiger partial charge in [0.25, 0.3) is 0 Å². The van der Waals surface area contributed by atoms with Crippen molar-refractivity contribution in [3.05, 3.63) is 59.2 Å². The number of hydrogen-bond acceptors (Lipinski definition) is 8. The van der Waals surface area contributed by atoms with Gasteiger partial charge in [0, 0.05) is 21.4 Å². The molecule has 0 spiro atoms. The normalized spacial score (nSPS) is 14.5. The van der Waals surface area contributed by atoms with E-state index in [1.54, 1.807) is 35.7 Å². The van der Waals surface area contributed by atoms with Crippen LogP contribution in [0.5, 0.6) is 17.4 Å². The second-order valence-electron chi connectivity index (χ2n) is 6.11. The quantitative estimate of drug-likeness (QED) is 0.541. The highest BCUT2D eigenvalue weighted by atomic mass is 32.2. The van der Waals surface area contributed by atoms with Crippen molar-refractivity contribution < 1.29 is 9.84 Å². The van der Waals surface area contributed by atoms with E-state index >= 15 is 0 Å². The van der Waals surface area contributed by atoms with Crippen molar-refractivity contribution in [2.45, 2.75) is 15.0 Å². The Kier molecular flexibility index (Phi) is 4.71. The standard InChI is InChI=1S/C20H16N4O2S2/c1-27-11-3-5-12(6-4-11)28-18-13-7-2-10(25)8-15(13)26-20-16(18)17(22)14(9-21)19(23)24-20/h2-8,18,25H,1H3,(H4,22,23,24).